The van der Waals surface area contributed by atoms with Crippen LogP contribution in [0.3, 0.4) is 0 Å². The van der Waals surface area contributed by atoms with Crippen LogP contribution in [0.25, 0.3) is 0 Å². The van der Waals surface area contributed by atoms with Crippen LogP contribution < -0.4 is 16.0 Å². The first-order valence-corrected chi connectivity index (χ1v) is 6.21. The Labute approximate surface area is 121 Å². The van der Waals surface area contributed by atoms with Crippen molar-refractivity contribution in [3.05, 3.63) is 39.9 Å². The molecule has 0 bridgehead atoms. The quantitative estimate of drug-likeness (QED) is 0.654. The van der Waals surface area contributed by atoms with E-state index in [-0.39, 0.29) is 17.3 Å². The van der Waals surface area contributed by atoms with Crippen LogP contribution in [0.4, 0.5) is 29.0 Å². The molecule has 0 aliphatic carbocycles. The Bertz CT molecular complexity index is 686. The maximum atomic E-state index is 11.2. The summed E-state index contributed by atoms with van der Waals surface area (Å²) in [6.45, 7) is 1.93. The van der Waals surface area contributed by atoms with Crippen LogP contribution in [-0.4, -0.2) is 29.0 Å². The number of aromatic nitrogens is 2. The van der Waals surface area contributed by atoms with Gasteiger partial charge in [0.15, 0.2) is 0 Å². The molecule has 8 heteroatoms. The zero-order chi connectivity index (χ0) is 15.6. The van der Waals surface area contributed by atoms with Gasteiger partial charge < -0.3 is 16.0 Å². The number of nitro groups is 1. The normalized spacial score (nSPS) is 10.2. The molecular weight excluding hydrogens is 272 g/mol. The molecule has 1 aromatic heterocycles. The van der Waals surface area contributed by atoms with E-state index < -0.39 is 4.92 Å². The van der Waals surface area contributed by atoms with Crippen molar-refractivity contribution in [1.29, 1.82) is 0 Å². The fourth-order valence-corrected chi connectivity index (χ4v) is 1.79. The van der Waals surface area contributed by atoms with E-state index in [1.807, 2.05) is 25.1 Å². The number of nitrogens with zero attached hydrogens (tertiary/aromatic N) is 4. The largest absolute Gasteiger partial charge is 0.378 e. The molecule has 0 aliphatic heterocycles. The van der Waals surface area contributed by atoms with E-state index in [1.165, 1.54) is 0 Å². The molecule has 1 heterocycles. The van der Waals surface area contributed by atoms with Crippen LogP contribution in [-0.2, 0) is 0 Å². The zero-order valence-corrected chi connectivity index (χ0v) is 12.0. The number of hydrogen-bond donors (Lipinski definition) is 2. The van der Waals surface area contributed by atoms with Crippen LogP contribution in [0.1, 0.15) is 5.56 Å². The van der Waals surface area contributed by atoms with Gasteiger partial charge in [0.2, 0.25) is 17.6 Å². The molecule has 110 valence electrons. The minimum absolute atomic E-state index is 0.0711. The molecule has 0 saturated heterocycles. The first-order valence-electron chi connectivity index (χ1n) is 6.21. The smallest absolute Gasteiger partial charge is 0.353 e. The lowest BCUT2D eigenvalue weighted by Gasteiger charge is -2.13. The van der Waals surface area contributed by atoms with Gasteiger partial charge >= 0.3 is 5.69 Å². The molecule has 0 spiro atoms. The molecule has 0 unspecified atom stereocenters. The summed E-state index contributed by atoms with van der Waals surface area (Å²) < 4.78 is 0. The van der Waals surface area contributed by atoms with Gasteiger partial charge in [-0.05, 0) is 24.6 Å². The summed E-state index contributed by atoms with van der Waals surface area (Å²) in [6, 6.07) is 7.43. The number of benzene rings is 1. The molecule has 2 aromatic rings. The Hall–Kier alpha value is -2.90. The van der Waals surface area contributed by atoms with E-state index in [0.29, 0.717) is 11.6 Å². The summed E-state index contributed by atoms with van der Waals surface area (Å²) >= 11 is 0. The van der Waals surface area contributed by atoms with Gasteiger partial charge in [0, 0.05) is 19.8 Å². The van der Waals surface area contributed by atoms with E-state index in [9.17, 15) is 10.1 Å². The Morgan fingerprint density at radius 2 is 2.05 bits per heavy atom. The standard InChI is InChI=1S/C13H16N6O2/c1-8-5-4-6-9(7-8)15-12-10(19(20)21)11(14)16-13(17-12)18(2)3/h4-7H,1-3H3,(H3,14,15,16,17). The molecule has 8 nitrogen and oxygen atoms in total. The number of anilines is 4. The van der Waals surface area contributed by atoms with Crippen molar-refractivity contribution in [3.8, 4) is 0 Å². The maximum absolute atomic E-state index is 11.2. The van der Waals surface area contributed by atoms with Gasteiger partial charge in [-0.1, -0.05) is 12.1 Å². The van der Waals surface area contributed by atoms with E-state index in [1.54, 1.807) is 25.1 Å². The number of nitrogen functional groups attached to an aromatic ring is 1. The van der Waals surface area contributed by atoms with E-state index in [2.05, 4.69) is 15.3 Å². The Morgan fingerprint density at radius 3 is 2.62 bits per heavy atom. The number of rotatable bonds is 4. The fraction of sp³-hybridized carbons (Fsp3) is 0.231. The van der Waals surface area contributed by atoms with Gasteiger partial charge in [-0.2, -0.15) is 9.97 Å². The van der Waals surface area contributed by atoms with Gasteiger partial charge in [-0.3, -0.25) is 10.1 Å². The van der Waals surface area contributed by atoms with Crippen molar-refractivity contribution in [3.63, 3.8) is 0 Å². The van der Waals surface area contributed by atoms with Crippen molar-refractivity contribution < 1.29 is 4.92 Å². The molecule has 0 saturated carbocycles. The lowest BCUT2D eigenvalue weighted by Crippen LogP contribution is -2.16. The molecular formula is C13H16N6O2. The van der Waals surface area contributed by atoms with Gasteiger partial charge in [0.1, 0.15) is 0 Å². The predicted molar refractivity (Wildman–Crippen MR) is 81.9 cm³/mol. The number of nitrogens with two attached hydrogens (primary N) is 1. The van der Waals surface area contributed by atoms with Gasteiger partial charge in [0.25, 0.3) is 0 Å². The highest BCUT2D eigenvalue weighted by Crippen LogP contribution is 2.31. The topological polar surface area (TPSA) is 110 Å². The number of hydrogen-bond acceptors (Lipinski definition) is 7. The van der Waals surface area contributed by atoms with Crippen molar-refractivity contribution in [2.24, 2.45) is 0 Å². The van der Waals surface area contributed by atoms with Gasteiger partial charge in [-0.25, -0.2) is 0 Å². The van der Waals surface area contributed by atoms with Crippen molar-refractivity contribution in [1.82, 2.24) is 9.97 Å². The first kappa shape index (κ1) is 14.5. The summed E-state index contributed by atoms with van der Waals surface area (Å²) in [4.78, 5) is 20.3. The highest BCUT2D eigenvalue weighted by molar-refractivity contribution is 5.74. The Kier molecular flexibility index (Phi) is 3.88. The number of nitrogens with one attached hydrogen (secondary N) is 1. The van der Waals surface area contributed by atoms with Crippen LogP contribution in [0.15, 0.2) is 24.3 Å². The van der Waals surface area contributed by atoms with Crippen LogP contribution >= 0.6 is 0 Å². The Morgan fingerprint density at radius 1 is 1.33 bits per heavy atom. The molecule has 0 fully saturated rings. The lowest BCUT2D eigenvalue weighted by atomic mass is 10.2. The summed E-state index contributed by atoms with van der Waals surface area (Å²) in [5.41, 5.74) is 7.07. The lowest BCUT2D eigenvalue weighted by molar-refractivity contribution is -0.383. The minimum atomic E-state index is -0.590. The highest BCUT2D eigenvalue weighted by Gasteiger charge is 2.23. The van der Waals surface area contributed by atoms with Crippen molar-refractivity contribution >= 4 is 29.0 Å². The third-order valence-electron chi connectivity index (χ3n) is 2.76. The first-order chi connectivity index (χ1) is 9.88. The summed E-state index contributed by atoms with van der Waals surface area (Å²) in [5.74, 6) is 0.198. The van der Waals surface area contributed by atoms with Crippen LogP contribution in [0.5, 0.6) is 0 Å². The van der Waals surface area contributed by atoms with Crippen LogP contribution in [0, 0.1) is 17.0 Å². The maximum Gasteiger partial charge on any atom is 0.353 e. The second-order valence-electron chi connectivity index (χ2n) is 4.75. The van der Waals surface area contributed by atoms with E-state index in [0.717, 1.165) is 5.56 Å². The second kappa shape index (κ2) is 5.61. The molecule has 1 aromatic carbocycles. The summed E-state index contributed by atoms with van der Waals surface area (Å²) in [5, 5.41) is 14.1. The summed E-state index contributed by atoms with van der Waals surface area (Å²) in [6.07, 6.45) is 0. The average molecular weight is 288 g/mol. The van der Waals surface area contributed by atoms with Gasteiger partial charge in [0.05, 0.1) is 4.92 Å². The zero-order valence-electron chi connectivity index (χ0n) is 12.0. The third kappa shape index (κ3) is 3.16. The number of aryl methyl sites for hydroxylation is 1. The molecule has 0 atom stereocenters. The van der Waals surface area contributed by atoms with E-state index >= 15 is 0 Å². The second-order valence-corrected chi connectivity index (χ2v) is 4.75. The Balaban J connectivity index is 2.51. The molecule has 0 radical (unpaired) electrons. The van der Waals surface area contributed by atoms with Crippen molar-refractivity contribution in [2.75, 3.05) is 30.0 Å². The average Bonchev–Trinajstić information content (AvgIpc) is 2.37. The predicted octanol–water partition coefficient (Wildman–Crippen LogP) is 2.09. The van der Waals surface area contributed by atoms with Gasteiger partial charge in [-0.15, -0.1) is 0 Å². The SMILES string of the molecule is Cc1cccc(Nc2nc(N(C)C)nc(N)c2[N+](=O)[O-])c1. The summed E-state index contributed by atoms with van der Waals surface area (Å²) in [7, 11) is 3.47. The minimum Gasteiger partial charge on any atom is -0.378 e. The van der Waals surface area contributed by atoms with Crippen molar-refractivity contribution in [2.45, 2.75) is 6.92 Å². The molecule has 0 aliphatic rings. The molecule has 0 amide bonds. The van der Waals surface area contributed by atoms with E-state index in [4.69, 9.17) is 5.73 Å². The monoisotopic (exact) mass is 288 g/mol. The molecule has 3 N–H and O–H groups in total. The third-order valence-corrected chi connectivity index (χ3v) is 2.76. The molecule has 2 rings (SSSR count). The molecule has 21 heavy (non-hydrogen) atoms. The fourth-order valence-electron chi connectivity index (χ4n) is 1.79. The highest BCUT2D eigenvalue weighted by atomic mass is 16.6. The van der Waals surface area contributed by atoms with Crippen LogP contribution in [0.2, 0.25) is 0 Å².